The quantitative estimate of drug-likeness (QED) is 0.607. The summed E-state index contributed by atoms with van der Waals surface area (Å²) in [5.41, 5.74) is 0.421. The molecule has 2 aliphatic rings. The molecule has 1 amide bonds. The maximum absolute atomic E-state index is 11.5. The lowest BCUT2D eigenvalue weighted by atomic mass is 9.84. The number of carbonyl (C=O) groups is 2. The van der Waals surface area contributed by atoms with E-state index in [2.05, 4.69) is 26.8 Å². The molecule has 0 bridgehead atoms. The monoisotopic (exact) mass is 474 g/mol. The number of piperazine rings is 1. The van der Waals surface area contributed by atoms with Crippen molar-refractivity contribution in [3.05, 3.63) is 24.3 Å². The number of nitrogens with one attached hydrogen (secondary N) is 2. The van der Waals surface area contributed by atoms with Gasteiger partial charge in [-0.25, -0.2) is 4.79 Å². The highest BCUT2D eigenvalue weighted by molar-refractivity contribution is 5.88. The van der Waals surface area contributed by atoms with Crippen LogP contribution in [0.15, 0.2) is 28.8 Å². The standard InChI is InChI=1S/C13H23NO3.C11H13N3O.C2H6/c1-13(2,3)17-12(16)14-11-6-4-10(5-7-11)8-9-15;1-2-4-10-9(3-1)11(13-15-10)14-7-5-12-6-8-14;1-2/h9-11H,4-8H2,1-3H3,(H,14,16);1-4,12H,5-8H2;1-2H3. The van der Waals surface area contributed by atoms with Crippen LogP contribution in [0.2, 0.25) is 0 Å². The Hall–Kier alpha value is -2.61. The molecule has 2 fully saturated rings. The number of benzene rings is 1. The zero-order valence-electron chi connectivity index (χ0n) is 21.4. The summed E-state index contributed by atoms with van der Waals surface area (Å²) in [4.78, 5) is 24.2. The largest absolute Gasteiger partial charge is 0.444 e. The van der Waals surface area contributed by atoms with Crippen molar-refractivity contribution in [1.82, 2.24) is 15.8 Å². The van der Waals surface area contributed by atoms with Crippen LogP contribution in [0.5, 0.6) is 0 Å². The van der Waals surface area contributed by atoms with Gasteiger partial charge in [0.2, 0.25) is 0 Å². The molecule has 1 saturated heterocycles. The van der Waals surface area contributed by atoms with Crippen molar-refractivity contribution in [2.24, 2.45) is 5.92 Å². The van der Waals surface area contributed by atoms with Gasteiger partial charge in [0, 0.05) is 38.6 Å². The van der Waals surface area contributed by atoms with Gasteiger partial charge in [0.1, 0.15) is 11.9 Å². The molecule has 1 aliphatic carbocycles. The molecular weight excluding hydrogens is 432 g/mol. The fourth-order valence-corrected chi connectivity index (χ4v) is 4.13. The number of amides is 1. The predicted octanol–water partition coefficient (Wildman–Crippen LogP) is 4.92. The van der Waals surface area contributed by atoms with E-state index in [4.69, 9.17) is 9.26 Å². The predicted molar refractivity (Wildman–Crippen MR) is 136 cm³/mol. The van der Waals surface area contributed by atoms with E-state index in [1.54, 1.807) is 0 Å². The van der Waals surface area contributed by atoms with E-state index in [1.165, 1.54) is 0 Å². The number of fused-ring (bicyclic) bond motifs is 1. The summed E-state index contributed by atoms with van der Waals surface area (Å²) in [7, 11) is 0. The van der Waals surface area contributed by atoms with E-state index in [0.29, 0.717) is 12.3 Å². The summed E-state index contributed by atoms with van der Waals surface area (Å²) in [6, 6.07) is 8.20. The highest BCUT2D eigenvalue weighted by Gasteiger charge is 2.24. The Morgan fingerprint density at radius 3 is 2.44 bits per heavy atom. The summed E-state index contributed by atoms with van der Waals surface area (Å²) in [6.07, 6.45) is 5.22. The molecule has 2 heterocycles. The normalized spacial score (nSPS) is 20.3. The molecule has 190 valence electrons. The molecule has 2 aromatic rings. The Morgan fingerprint density at radius 2 is 1.82 bits per heavy atom. The van der Waals surface area contributed by atoms with Gasteiger partial charge in [0.05, 0.1) is 5.39 Å². The van der Waals surface area contributed by atoms with Gasteiger partial charge in [-0.15, -0.1) is 0 Å². The number of aromatic nitrogens is 1. The van der Waals surface area contributed by atoms with E-state index in [9.17, 15) is 9.59 Å². The van der Waals surface area contributed by atoms with Gasteiger partial charge in [-0.1, -0.05) is 31.1 Å². The number of ether oxygens (including phenoxy) is 1. The van der Waals surface area contributed by atoms with Crippen LogP contribution in [0.3, 0.4) is 0 Å². The fourth-order valence-electron chi connectivity index (χ4n) is 4.13. The second-order valence-corrected chi connectivity index (χ2v) is 9.51. The molecule has 8 nitrogen and oxygen atoms in total. The minimum Gasteiger partial charge on any atom is -0.444 e. The third-order valence-electron chi connectivity index (χ3n) is 5.77. The van der Waals surface area contributed by atoms with Crippen LogP contribution in [0.1, 0.15) is 66.7 Å². The summed E-state index contributed by atoms with van der Waals surface area (Å²) >= 11 is 0. The number of hydrogen-bond acceptors (Lipinski definition) is 7. The lowest BCUT2D eigenvalue weighted by Crippen LogP contribution is -2.43. The second kappa shape index (κ2) is 13.9. The molecule has 34 heavy (non-hydrogen) atoms. The lowest BCUT2D eigenvalue weighted by Gasteiger charge is -2.29. The van der Waals surface area contributed by atoms with Crippen LogP contribution >= 0.6 is 0 Å². The van der Waals surface area contributed by atoms with Crippen molar-refractivity contribution in [2.75, 3.05) is 31.1 Å². The molecule has 2 N–H and O–H groups in total. The molecule has 0 radical (unpaired) electrons. The Labute approximate surface area is 203 Å². The number of carbonyl (C=O) groups excluding carboxylic acids is 2. The summed E-state index contributed by atoms with van der Waals surface area (Å²) in [5, 5.41) is 11.5. The maximum Gasteiger partial charge on any atom is 0.407 e. The summed E-state index contributed by atoms with van der Waals surface area (Å²) in [6.45, 7) is 13.6. The highest BCUT2D eigenvalue weighted by atomic mass is 16.6. The van der Waals surface area contributed by atoms with Crippen molar-refractivity contribution in [1.29, 1.82) is 0 Å². The summed E-state index contributed by atoms with van der Waals surface area (Å²) in [5.74, 6) is 1.48. The van der Waals surface area contributed by atoms with Crippen molar-refractivity contribution in [2.45, 2.75) is 78.4 Å². The van der Waals surface area contributed by atoms with Gasteiger partial charge in [-0.05, 0) is 64.5 Å². The molecule has 1 saturated carbocycles. The topological polar surface area (TPSA) is 96.7 Å². The highest BCUT2D eigenvalue weighted by Crippen LogP contribution is 2.27. The third-order valence-corrected chi connectivity index (χ3v) is 5.77. The number of hydrogen-bond donors (Lipinski definition) is 2. The summed E-state index contributed by atoms with van der Waals surface area (Å²) < 4.78 is 10.5. The second-order valence-electron chi connectivity index (χ2n) is 9.51. The van der Waals surface area contributed by atoms with E-state index < -0.39 is 5.60 Å². The Kier molecular flexibility index (Phi) is 11.3. The smallest absolute Gasteiger partial charge is 0.407 e. The molecule has 1 aromatic heterocycles. The Balaban J connectivity index is 0.000000225. The number of rotatable bonds is 4. The van der Waals surface area contributed by atoms with E-state index in [0.717, 1.165) is 74.9 Å². The van der Waals surface area contributed by atoms with Gasteiger partial charge in [0.15, 0.2) is 11.4 Å². The van der Waals surface area contributed by atoms with Crippen molar-refractivity contribution < 1.29 is 18.8 Å². The van der Waals surface area contributed by atoms with Crippen LogP contribution in [0.4, 0.5) is 10.6 Å². The number of alkyl carbamates (subject to hydrolysis) is 1. The molecule has 1 aromatic carbocycles. The first-order valence-corrected chi connectivity index (χ1v) is 12.6. The molecule has 0 atom stereocenters. The molecule has 8 heteroatoms. The minimum absolute atomic E-state index is 0.202. The molecule has 0 spiro atoms. The van der Waals surface area contributed by atoms with Crippen LogP contribution in [-0.2, 0) is 9.53 Å². The maximum atomic E-state index is 11.5. The third kappa shape index (κ3) is 8.97. The van der Waals surface area contributed by atoms with Crippen LogP contribution in [0.25, 0.3) is 11.0 Å². The first-order chi connectivity index (χ1) is 16.4. The number of para-hydroxylation sites is 1. The Morgan fingerprint density at radius 1 is 1.18 bits per heavy atom. The van der Waals surface area contributed by atoms with Crippen molar-refractivity contribution in [3.8, 4) is 0 Å². The molecule has 4 rings (SSSR count). The molecule has 0 unspecified atom stereocenters. The van der Waals surface area contributed by atoms with Crippen molar-refractivity contribution >= 4 is 29.2 Å². The first kappa shape index (κ1) is 27.6. The van der Waals surface area contributed by atoms with E-state index in [1.807, 2.05) is 52.8 Å². The van der Waals surface area contributed by atoms with Crippen LogP contribution in [0, 0.1) is 5.92 Å². The zero-order valence-corrected chi connectivity index (χ0v) is 21.4. The average molecular weight is 475 g/mol. The van der Waals surface area contributed by atoms with E-state index in [-0.39, 0.29) is 12.1 Å². The van der Waals surface area contributed by atoms with Crippen molar-refractivity contribution in [3.63, 3.8) is 0 Å². The van der Waals surface area contributed by atoms with Gasteiger partial charge in [0.25, 0.3) is 0 Å². The van der Waals surface area contributed by atoms with Gasteiger partial charge >= 0.3 is 6.09 Å². The van der Waals surface area contributed by atoms with Gasteiger partial charge in [-0.3, -0.25) is 0 Å². The SMILES string of the molecule is CC.CC(C)(C)OC(=O)NC1CCC(CC=O)CC1.c1ccc2c(N3CCNCC3)noc2c1. The first-order valence-electron chi connectivity index (χ1n) is 12.6. The molecular formula is C26H42N4O4. The van der Waals surface area contributed by atoms with Crippen LogP contribution < -0.4 is 15.5 Å². The lowest BCUT2D eigenvalue weighted by molar-refractivity contribution is -0.108. The number of nitrogens with zero attached hydrogens (tertiary/aromatic N) is 2. The van der Waals surface area contributed by atoms with Crippen LogP contribution in [-0.4, -0.2) is 55.4 Å². The Bertz CT molecular complexity index is 863. The van der Waals surface area contributed by atoms with E-state index >= 15 is 0 Å². The fraction of sp³-hybridized carbons (Fsp3) is 0.654. The van der Waals surface area contributed by atoms with Gasteiger partial charge < -0.3 is 29.6 Å². The van der Waals surface area contributed by atoms with Gasteiger partial charge in [-0.2, -0.15) is 0 Å². The average Bonchev–Trinajstić information content (AvgIpc) is 3.26. The number of aldehydes is 1. The zero-order chi connectivity index (χ0) is 25.0. The number of anilines is 1. The minimum atomic E-state index is -0.446. The molecule has 1 aliphatic heterocycles.